The summed E-state index contributed by atoms with van der Waals surface area (Å²) in [4.78, 5) is 13.4. The van der Waals surface area contributed by atoms with Gasteiger partial charge in [0.1, 0.15) is 6.10 Å². The fourth-order valence-corrected chi connectivity index (χ4v) is 2.58. The van der Waals surface area contributed by atoms with E-state index in [0.717, 1.165) is 11.3 Å². The van der Waals surface area contributed by atoms with Crippen LogP contribution in [0, 0.1) is 6.92 Å². The van der Waals surface area contributed by atoms with E-state index in [1.54, 1.807) is 11.8 Å². The van der Waals surface area contributed by atoms with Crippen molar-refractivity contribution in [1.82, 2.24) is 0 Å². The highest BCUT2D eigenvalue weighted by molar-refractivity contribution is 5.75. The molecule has 0 spiro atoms. The maximum Gasteiger partial charge on any atom is 0.310 e. The highest BCUT2D eigenvalue weighted by atomic mass is 16.5. The number of esters is 1. The van der Waals surface area contributed by atoms with Crippen LogP contribution in [0.15, 0.2) is 29.7 Å². The topological polar surface area (TPSA) is 70.0 Å². The third kappa shape index (κ3) is 2.88. The first kappa shape index (κ1) is 15.4. The van der Waals surface area contributed by atoms with E-state index < -0.39 is 12.1 Å². The Labute approximate surface area is 124 Å². The van der Waals surface area contributed by atoms with Gasteiger partial charge in [-0.15, -0.1) is 0 Å². The molecule has 2 rings (SSSR count). The summed E-state index contributed by atoms with van der Waals surface area (Å²) in [6.45, 7) is 6.40. The standard InChI is InChI=1S/C16H21NO4/c1-4-17-13-8-10(3)6-7-11(13)15(19)12(16(17)20)9-14(18)21-5-2/h6-8,15,19-20H,4-5,9H2,1-3H3. The molecule has 1 unspecified atom stereocenters. The summed E-state index contributed by atoms with van der Waals surface area (Å²) in [5.74, 6) is -0.513. The number of ether oxygens (including phenoxy) is 1. The van der Waals surface area contributed by atoms with Gasteiger partial charge in [0, 0.05) is 17.7 Å². The summed E-state index contributed by atoms with van der Waals surface area (Å²) in [5.41, 5.74) is 2.79. The average molecular weight is 291 g/mol. The number of carbonyl (C=O) groups is 1. The van der Waals surface area contributed by atoms with Gasteiger partial charge in [-0.25, -0.2) is 0 Å². The van der Waals surface area contributed by atoms with Gasteiger partial charge in [0.05, 0.1) is 18.7 Å². The molecule has 114 valence electrons. The molecule has 21 heavy (non-hydrogen) atoms. The fraction of sp³-hybridized carbons (Fsp3) is 0.438. The van der Waals surface area contributed by atoms with Crippen LogP contribution in [0.3, 0.4) is 0 Å². The Morgan fingerprint density at radius 1 is 1.38 bits per heavy atom. The van der Waals surface area contributed by atoms with E-state index >= 15 is 0 Å². The van der Waals surface area contributed by atoms with Crippen molar-refractivity contribution in [2.24, 2.45) is 0 Å². The fourth-order valence-electron chi connectivity index (χ4n) is 2.58. The number of aliphatic hydroxyl groups excluding tert-OH is 2. The Bertz CT molecular complexity index is 580. The van der Waals surface area contributed by atoms with Crippen LogP contribution in [-0.4, -0.2) is 29.3 Å². The SMILES string of the molecule is CCOC(=O)CC1=C(O)N(CC)c2cc(C)ccc2C1O. The lowest BCUT2D eigenvalue weighted by molar-refractivity contribution is -0.142. The van der Waals surface area contributed by atoms with Crippen LogP contribution in [0.4, 0.5) is 5.69 Å². The second-order valence-electron chi connectivity index (χ2n) is 5.04. The molecule has 1 atom stereocenters. The van der Waals surface area contributed by atoms with Gasteiger partial charge in [-0.05, 0) is 32.4 Å². The number of rotatable bonds is 4. The van der Waals surface area contributed by atoms with E-state index in [9.17, 15) is 15.0 Å². The van der Waals surface area contributed by atoms with Crippen molar-refractivity contribution in [1.29, 1.82) is 0 Å². The summed E-state index contributed by atoms with van der Waals surface area (Å²) >= 11 is 0. The number of benzene rings is 1. The third-order valence-electron chi connectivity index (χ3n) is 3.60. The molecule has 1 aliphatic heterocycles. The predicted molar refractivity (Wildman–Crippen MR) is 80.1 cm³/mol. The van der Waals surface area contributed by atoms with Gasteiger partial charge in [-0.2, -0.15) is 0 Å². The van der Waals surface area contributed by atoms with Gasteiger partial charge in [-0.3, -0.25) is 4.79 Å². The third-order valence-corrected chi connectivity index (χ3v) is 3.60. The van der Waals surface area contributed by atoms with E-state index in [-0.39, 0.29) is 24.5 Å². The zero-order chi connectivity index (χ0) is 15.6. The summed E-state index contributed by atoms with van der Waals surface area (Å²) < 4.78 is 4.90. The normalized spacial score (nSPS) is 17.7. The second kappa shape index (κ2) is 6.18. The van der Waals surface area contributed by atoms with Crippen molar-refractivity contribution in [2.45, 2.75) is 33.3 Å². The molecule has 0 bridgehead atoms. The van der Waals surface area contributed by atoms with Crippen molar-refractivity contribution in [3.05, 3.63) is 40.8 Å². The van der Waals surface area contributed by atoms with E-state index in [2.05, 4.69) is 0 Å². The van der Waals surface area contributed by atoms with Gasteiger partial charge in [-0.1, -0.05) is 12.1 Å². The Kier molecular flexibility index (Phi) is 4.53. The number of hydrogen-bond donors (Lipinski definition) is 2. The minimum Gasteiger partial charge on any atom is -0.494 e. The number of carbonyl (C=O) groups excluding carboxylic acids is 1. The maximum absolute atomic E-state index is 11.7. The van der Waals surface area contributed by atoms with E-state index in [4.69, 9.17) is 4.74 Å². The van der Waals surface area contributed by atoms with E-state index in [1.165, 1.54) is 0 Å². The van der Waals surface area contributed by atoms with Gasteiger partial charge >= 0.3 is 5.97 Å². The highest BCUT2D eigenvalue weighted by Crippen LogP contribution is 2.40. The number of anilines is 1. The Hall–Kier alpha value is -2.01. The number of fused-ring (bicyclic) bond motifs is 1. The first-order valence-electron chi connectivity index (χ1n) is 7.13. The first-order valence-corrected chi connectivity index (χ1v) is 7.13. The maximum atomic E-state index is 11.7. The first-order chi connectivity index (χ1) is 9.99. The average Bonchev–Trinajstić information content (AvgIpc) is 2.44. The highest BCUT2D eigenvalue weighted by Gasteiger charge is 2.32. The molecule has 0 fully saturated rings. The zero-order valence-electron chi connectivity index (χ0n) is 12.6. The Morgan fingerprint density at radius 3 is 2.71 bits per heavy atom. The molecule has 5 heteroatoms. The minimum atomic E-state index is -0.993. The van der Waals surface area contributed by atoms with Crippen LogP contribution in [0.1, 0.15) is 37.5 Å². The van der Waals surface area contributed by atoms with Crippen molar-refractivity contribution in [2.75, 3.05) is 18.1 Å². The van der Waals surface area contributed by atoms with Crippen LogP contribution in [0.25, 0.3) is 0 Å². The molecule has 1 heterocycles. The van der Waals surface area contributed by atoms with Crippen molar-refractivity contribution >= 4 is 11.7 Å². The molecule has 1 aromatic rings. The van der Waals surface area contributed by atoms with Crippen LogP contribution < -0.4 is 4.90 Å². The number of aryl methyl sites for hydroxylation is 1. The van der Waals surface area contributed by atoms with Crippen molar-refractivity contribution < 1.29 is 19.7 Å². The van der Waals surface area contributed by atoms with Crippen molar-refractivity contribution in [3.63, 3.8) is 0 Å². The van der Waals surface area contributed by atoms with Crippen molar-refractivity contribution in [3.8, 4) is 0 Å². The molecule has 0 radical (unpaired) electrons. The molecule has 0 amide bonds. The minimum absolute atomic E-state index is 0.0591. The van der Waals surface area contributed by atoms with Crippen LogP contribution in [0.5, 0.6) is 0 Å². The van der Waals surface area contributed by atoms with Gasteiger partial charge in [0.25, 0.3) is 0 Å². The molecule has 0 saturated carbocycles. The smallest absolute Gasteiger partial charge is 0.310 e. The van der Waals surface area contributed by atoms with Gasteiger partial charge < -0.3 is 19.8 Å². The molecular weight excluding hydrogens is 270 g/mol. The predicted octanol–water partition coefficient (Wildman–Crippen LogP) is 2.59. The zero-order valence-corrected chi connectivity index (χ0v) is 12.6. The largest absolute Gasteiger partial charge is 0.494 e. The molecule has 1 aromatic carbocycles. The monoisotopic (exact) mass is 291 g/mol. The lowest BCUT2D eigenvalue weighted by Crippen LogP contribution is -2.31. The van der Waals surface area contributed by atoms with Gasteiger partial charge in [0.15, 0.2) is 5.88 Å². The molecule has 0 aliphatic carbocycles. The van der Waals surface area contributed by atoms with Gasteiger partial charge in [0.2, 0.25) is 0 Å². The molecule has 2 N–H and O–H groups in total. The summed E-state index contributed by atoms with van der Waals surface area (Å²) in [6.07, 6.45) is -1.11. The number of aliphatic hydroxyl groups is 2. The van der Waals surface area contributed by atoms with Crippen LogP contribution in [-0.2, 0) is 9.53 Å². The molecule has 0 saturated heterocycles. The molecular formula is C16H21NO4. The number of hydrogen-bond acceptors (Lipinski definition) is 5. The number of nitrogens with zero attached hydrogens (tertiary/aromatic N) is 1. The lowest BCUT2D eigenvalue weighted by Gasteiger charge is -2.34. The second-order valence-corrected chi connectivity index (χ2v) is 5.04. The quantitative estimate of drug-likeness (QED) is 0.834. The molecule has 5 nitrogen and oxygen atoms in total. The van der Waals surface area contributed by atoms with Crippen LogP contribution in [0.2, 0.25) is 0 Å². The molecule has 1 aliphatic rings. The van der Waals surface area contributed by atoms with E-state index in [1.807, 2.05) is 32.0 Å². The van der Waals surface area contributed by atoms with E-state index in [0.29, 0.717) is 12.1 Å². The van der Waals surface area contributed by atoms with Crippen LogP contribution >= 0.6 is 0 Å². The lowest BCUT2D eigenvalue weighted by atomic mass is 9.92. The Morgan fingerprint density at radius 2 is 2.10 bits per heavy atom. The summed E-state index contributed by atoms with van der Waals surface area (Å²) in [6, 6.07) is 5.65. The Balaban J connectivity index is 2.42. The summed E-state index contributed by atoms with van der Waals surface area (Å²) in [7, 11) is 0. The molecule has 0 aromatic heterocycles. The summed E-state index contributed by atoms with van der Waals surface area (Å²) in [5, 5.41) is 20.9.